The summed E-state index contributed by atoms with van der Waals surface area (Å²) >= 11 is 0. The normalized spacial score (nSPS) is 18.3. The summed E-state index contributed by atoms with van der Waals surface area (Å²) in [6.45, 7) is 6.67. The lowest BCUT2D eigenvalue weighted by molar-refractivity contribution is 0.0960. The van der Waals surface area contributed by atoms with E-state index in [0.29, 0.717) is 24.7 Å². The summed E-state index contributed by atoms with van der Waals surface area (Å²) in [5.74, 6) is 2.25. The van der Waals surface area contributed by atoms with Crippen LogP contribution in [0.5, 0.6) is 11.5 Å². The van der Waals surface area contributed by atoms with Gasteiger partial charge in [0.15, 0.2) is 5.78 Å². The molecule has 5 nitrogen and oxygen atoms in total. The van der Waals surface area contributed by atoms with E-state index in [-0.39, 0.29) is 23.7 Å². The first-order valence-electron chi connectivity index (χ1n) is 17.1. The number of allylic oxidation sites excluding steroid dienone is 2. The number of Topliss-reactive ketones (excluding diaryl/α,β-unsaturated/α-hetero) is 1. The van der Waals surface area contributed by atoms with Crippen LogP contribution in [-0.4, -0.2) is 17.8 Å². The molecule has 0 radical (unpaired) electrons. The lowest BCUT2D eigenvalue weighted by Crippen LogP contribution is -2.32. The molecule has 0 spiro atoms. The van der Waals surface area contributed by atoms with E-state index in [0.717, 1.165) is 83.5 Å². The van der Waals surface area contributed by atoms with Gasteiger partial charge in [-0.2, -0.15) is 0 Å². The average Bonchev–Trinajstić information content (AvgIpc) is 3.08. The Hall–Kier alpha value is -4.64. The fourth-order valence-electron chi connectivity index (χ4n) is 6.89. The number of nitrogens with zero attached hydrogens (tertiary/aromatic N) is 1. The third kappa shape index (κ3) is 7.68. The standard InChI is InChI=1S/C42H45NO4/c1-29(2)47-40-15-9-12-33-20-17-31(19-27-39(44)41(33)40)18-22-34-21-16-30(3)37-13-7-8-14-38(37)42(45)43(34)35-23-25-36(26-24-35)46-28-32-10-5-4-6-11-32/h4-15,21,23-26,29-31H,16-20,22,27-28H2,1-3H3. The van der Waals surface area contributed by atoms with Crippen molar-refractivity contribution in [1.29, 1.82) is 0 Å². The molecule has 0 saturated heterocycles. The Morgan fingerprint density at radius 2 is 1.57 bits per heavy atom. The van der Waals surface area contributed by atoms with Crippen LogP contribution in [0.15, 0.2) is 109 Å². The molecule has 4 aromatic carbocycles. The molecular formula is C42H45NO4. The van der Waals surface area contributed by atoms with Gasteiger partial charge in [-0.1, -0.05) is 73.7 Å². The van der Waals surface area contributed by atoms with Crippen molar-refractivity contribution in [2.45, 2.75) is 84.3 Å². The highest BCUT2D eigenvalue weighted by Crippen LogP contribution is 2.37. The number of benzene rings is 4. The summed E-state index contributed by atoms with van der Waals surface area (Å²) in [7, 11) is 0. The van der Waals surface area contributed by atoms with Crippen molar-refractivity contribution in [3.8, 4) is 11.5 Å². The van der Waals surface area contributed by atoms with Crippen molar-refractivity contribution in [1.82, 2.24) is 0 Å². The van der Waals surface area contributed by atoms with Crippen LogP contribution in [0.25, 0.3) is 0 Å². The lowest BCUT2D eigenvalue weighted by atomic mass is 9.83. The molecule has 0 saturated carbocycles. The van der Waals surface area contributed by atoms with Crippen LogP contribution in [0.4, 0.5) is 5.69 Å². The van der Waals surface area contributed by atoms with E-state index in [9.17, 15) is 9.59 Å². The molecule has 1 heterocycles. The Kier molecular flexibility index (Phi) is 10.2. The zero-order valence-corrected chi connectivity index (χ0v) is 27.8. The van der Waals surface area contributed by atoms with Gasteiger partial charge in [0.2, 0.25) is 0 Å². The second-order valence-electron chi connectivity index (χ2n) is 13.2. The highest BCUT2D eigenvalue weighted by Gasteiger charge is 2.29. The number of amides is 1. The first-order chi connectivity index (χ1) is 22.9. The van der Waals surface area contributed by atoms with Crippen LogP contribution in [0.1, 0.15) is 103 Å². The quantitative estimate of drug-likeness (QED) is 0.185. The molecule has 6 rings (SSSR count). The van der Waals surface area contributed by atoms with Crippen molar-refractivity contribution < 1.29 is 19.1 Å². The molecule has 1 aliphatic carbocycles. The third-order valence-electron chi connectivity index (χ3n) is 9.43. The average molecular weight is 628 g/mol. The van der Waals surface area contributed by atoms with Crippen LogP contribution >= 0.6 is 0 Å². The summed E-state index contributed by atoms with van der Waals surface area (Å²) in [5, 5.41) is 0. The number of aryl methyl sites for hydroxylation is 1. The summed E-state index contributed by atoms with van der Waals surface area (Å²) in [5.41, 5.74) is 6.65. The minimum atomic E-state index is -0.00388. The van der Waals surface area contributed by atoms with Crippen LogP contribution in [0.3, 0.4) is 0 Å². The van der Waals surface area contributed by atoms with Crippen LogP contribution < -0.4 is 14.4 Å². The second-order valence-corrected chi connectivity index (χ2v) is 13.2. The van der Waals surface area contributed by atoms with E-state index in [1.165, 1.54) is 0 Å². The van der Waals surface area contributed by atoms with E-state index in [4.69, 9.17) is 9.47 Å². The predicted octanol–water partition coefficient (Wildman–Crippen LogP) is 10.1. The van der Waals surface area contributed by atoms with Crippen molar-refractivity contribution in [3.63, 3.8) is 0 Å². The lowest BCUT2D eigenvalue weighted by Gasteiger charge is -2.31. The molecule has 5 heteroatoms. The Morgan fingerprint density at radius 1 is 0.830 bits per heavy atom. The Labute approximate surface area is 279 Å². The fraction of sp³-hybridized carbons (Fsp3) is 0.333. The molecule has 4 aromatic rings. The molecule has 2 atom stereocenters. The molecule has 0 N–H and O–H groups in total. The maximum Gasteiger partial charge on any atom is 0.262 e. The number of rotatable bonds is 9. The monoisotopic (exact) mass is 627 g/mol. The Balaban J connectivity index is 1.22. The Morgan fingerprint density at radius 3 is 2.36 bits per heavy atom. The van der Waals surface area contributed by atoms with Crippen molar-refractivity contribution in [3.05, 3.63) is 137 Å². The molecule has 2 unspecified atom stereocenters. The molecule has 1 amide bonds. The van der Waals surface area contributed by atoms with Gasteiger partial charge < -0.3 is 9.47 Å². The van der Waals surface area contributed by atoms with Crippen molar-refractivity contribution >= 4 is 17.4 Å². The summed E-state index contributed by atoms with van der Waals surface area (Å²) < 4.78 is 12.1. The fourth-order valence-corrected chi connectivity index (χ4v) is 6.89. The van der Waals surface area contributed by atoms with Gasteiger partial charge in [-0.15, -0.1) is 0 Å². The van der Waals surface area contributed by atoms with Crippen LogP contribution in [0.2, 0.25) is 0 Å². The number of hydrogen-bond donors (Lipinski definition) is 0. The number of fused-ring (bicyclic) bond motifs is 2. The van der Waals surface area contributed by atoms with E-state index in [1.807, 2.05) is 104 Å². The van der Waals surface area contributed by atoms with Gasteiger partial charge in [0.1, 0.15) is 18.1 Å². The van der Waals surface area contributed by atoms with Crippen molar-refractivity contribution in [2.75, 3.05) is 4.90 Å². The summed E-state index contributed by atoms with van der Waals surface area (Å²) in [6.07, 6.45) is 7.99. The van der Waals surface area contributed by atoms with Gasteiger partial charge in [0, 0.05) is 23.4 Å². The maximum atomic E-state index is 14.4. The molecular weight excluding hydrogens is 582 g/mol. The highest BCUT2D eigenvalue weighted by molar-refractivity contribution is 6.09. The zero-order chi connectivity index (χ0) is 32.8. The number of ether oxygens (including phenoxy) is 2. The van der Waals surface area contributed by atoms with E-state index in [1.54, 1.807) is 0 Å². The molecule has 0 bridgehead atoms. The first-order valence-corrected chi connectivity index (χ1v) is 17.1. The third-order valence-corrected chi connectivity index (χ3v) is 9.43. The van der Waals surface area contributed by atoms with Crippen LogP contribution in [-0.2, 0) is 13.0 Å². The van der Waals surface area contributed by atoms with Gasteiger partial charge in [-0.25, -0.2) is 0 Å². The molecule has 242 valence electrons. The molecule has 47 heavy (non-hydrogen) atoms. The number of carbonyl (C=O) groups is 2. The van der Waals surface area contributed by atoms with Gasteiger partial charge in [-0.3, -0.25) is 14.5 Å². The van der Waals surface area contributed by atoms with Crippen LogP contribution in [0, 0.1) is 5.92 Å². The number of hydrogen-bond acceptors (Lipinski definition) is 4. The molecule has 0 aromatic heterocycles. The minimum Gasteiger partial charge on any atom is -0.490 e. The summed E-state index contributed by atoms with van der Waals surface area (Å²) in [6, 6.07) is 32.0. The Bertz CT molecular complexity index is 1720. The minimum absolute atomic E-state index is 0.00388. The topological polar surface area (TPSA) is 55.8 Å². The number of anilines is 1. The second kappa shape index (κ2) is 14.8. The zero-order valence-electron chi connectivity index (χ0n) is 27.8. The van der Waals surface area contributed by atoms with E-state index >= 15 is 0 Å². The molecule has 0 fully saturated rings. The van der Waals surface area contributed by atoms with Crippen molar-refractivity contribution in [2.24, 2.45) is 5.92 Å². The number of ketones is 1. The predicted molar refractivity (Wildman–Crippen MR) is 188 cm³/mol. The molecule has 1 aliphatic heterocycles. The maximum absolute atomic E-state index is 14.4. The SMILES string of the molecule is CC(C)Oc1cccc2c1C(=O)CCC(CCC1=CCC(C)c3ccccc3C(=O)N1c1ccc(OCc3ccccc3)cc1)CC2. The number of carbonyl (C=O) groups excluding carboxylic acids is 2. The van der Waals surface area contributed by atoms with Gasteiger partial charge in [0.25, 0.3) is 5.91 Å². The smallest absolute Gasteiger partial charge is 0.262 e. The largest absolute Gasteiger partial charge is 0.490 e. The summed E-state index contributed by atoms with van der Waals surface area (Å²) in [4.78, 5) is 29.7. The highest BCUT2D eigenvalue weighted by atomic mass is 16.5. The van der Waals surface area contributed by atoms with E-state index in [2.05, 4.69) is 25.1 Å². The first kappa shape index (κ1) is 32.3. The van der Waals surface area contributed by atoms with E-state index < -0.39 is 0 Å². The van der Waals surface area contributed by atoms with Gasteiger partial charge in [-0.05, 0) is 117 Å². The molecule has 2 aliphatic rings. The van der Waals surface area contributed by atoms with Gasteiger partial charge in [0.05, 0.1) is 11.7 Å². The van der Waals surface area contributed by atoms with Gasteiger partial charge >= 0.3 is 0 Å².